The van der Waals surface area contributed by atoms with Crippen molar-refractivity contribution in [2.24, 2.45) is 5.92 Å². The Morgan fingerprint density at radius 1 is 1.14 bits per heavy atom. The molecule has 1 aliphatic rings. The Hall–Kier alpha value is -4.20. The van der Waals surface area contributed by atoms with Gasteiger partial charge in [0, 0.05) is 49.0 Å². The van der Waals surface area contributed by atoms with E-state index < -0.39 is 5.97 Å². The third-order valence-electron chi connectivity index (χ3n) is 7.21. The highest BCUT2D eigenvalue weighted by atomic mass is 16.5. The minimum atomic E-state index is -0.425. The third-order valence-corrected chi connectivity index (χ3v) is 7.21. The SMILES string of the molecule is CCOC(=O)c1cnn2c(N(C)Cc3ccccc3)cc(-c3cn(C4CC(C)C4)c4ncccc34)nc12. The molecule has 188 valence electrons. The van der Waals surface area contributed by atoms with E-state index in [9.17, 15) is 4.79 Å². The Bertz CT molecular complexity index is 1580. The van der Waals surface area contributed by atoms with Gasteiger partial charge in [0.05, 0.1) is 18.5 Å². The van der Waals surface area contributed by atoms with Crippen LogP contribution in [0.1, 0.15) is 48.7 Å². The molecule has 1 saturated carbocycles. The maximum Gasteiger partial charge on any atom is 0.343 e. The van der Waals surface area contributed by atoms with E-state index in [0.29, 0.717) is 23.8 Å². The van der Waals surface area contributed by atoms with Crippen LogP contribution in [0.3, 0.4) is 0 Å². The molecule has 0 spiro atoms. The summed E-state index contributed by atoms with van der Waals surface area (Å²) in [6, 6.07) is 16.8. The van der Waals surface area contributed by atoms with Crippen molar-refractivity contribution in [1.29, 1.82) is 0 Å². The Kier molecular flexibility index (Phi) is 5.87. The quantitative estimate of drug-likeness (QED) is 0.277. The number of carbonyl (C=O) groups is 1. The Morgan fingerprint density at radius 3 is 2.70 bits per heavy atom. The molecule has 1 fully saturated rings. The van der Waals surface area contributed by atoms with Crippen LogP contribution in [0.5, 0.6) is 0 Å². The molecule has 37 heavy (non-hydrogen) atoms. The molecule has 5 aromatic rings. The number of rotatable bonds is 7. The summed E-state index contributed by atoms with van der Waals surface area (Å²) in [5.41, 5.74) is 4.75. The Labute approximate surface area is 215 Å². The van der Waals surface area contributed by atoms with Gasteiger partial charge in [-0.05, 0) is 43.4 Å². The molecule has 0 atom stereocenters. The molecular formula is C29H30N6O2. The minimum Gasteiger partial charge on any atom is -0.462 e. The van der Waals surface area contributed by atoms with Gasteiger partial charge in [-0.1, -0.05) is 37.3 Å². The van der Waals surface area contributed by atoms with Crippen molar-refractivity contribution in [2.45, 2.75) is 39.3 Å². The molecule has 0 radical (unpaired) electrons. The largest absolute Gasteiger partial charge is 0.462 e. The molecule has 0 bridgehead atoms. The van der Waals surface area contributed by atoms with E-state index in [2.05, 4.69) is 45.9 Å². The van der Waals surface area contributed by atoms with Gasteiger partial charge in [-0.2, -0.15) is 9.61 Å². The van der Waals surface area contributed by atoms with Crippen LogP contribution in [0.2, 0.25) is 0 Å². The Morgan fingerprint density at radius 2 is 1.95 bits per heavy atom. The van der Waals surface area contributed by atoms with E-state index in [4.69, 9.17) is 14.7 Å². The van der Waals surface area contributed by atoms with Gasteiger partial charge in [0.1, 0.15) is 17.0 Å². The van der Waals surface area contributed by atoms with Gasteiger partial charge >= 0.3 is 5.97 Å². The average molecular weight is 495 g/mol. The smallest absolute Gasteiger partial charge is 0.343 e. The summed E-state index contributed by atoms with van der Waals surface area (Å²) in [6.45, 7) is 5.05. The highest BCUT2D eigenvalue weighted by Gasteiger charge is 2.29. The fraction of sp³-hybridized carbons (Fsp3) is 0.310. The van der Waals surface area contributed by atoms with Gasteiger partial charge < -0.3 is 14.2 Å². The zero-order chi connectivity index (χ0) is 25.5. The summed E-state index contributed by atoms with van der Waals surface area (Å²) < 4.78 is 9.34. The molecule has 6 rings (SSSR count). The summed E-state index contributed by atoms with van der Waals surface area (Å²) >= 11 is 0. The number of pyridine rings is 1. The number of esters is 1. The van der Waals surface area contributed by atoms with Crippen molar-refractivity contribution >= 4 is 28.5 Å². The second kappa shape index (κ2) is 9.35. The lowest BCUT2D eigenvalue weighted by Crippen LogP contribution is -2.24. The lowest BCUT2D eigenvalue weighted by atomic mass is 9.82. The fourth-order valence-electron chi connectivity index (χ4n) is 5.30. The number of ether oxygens (including phenoxy) is 1. The first kappa shape index (κ1) is 23.2. The van der Waals surface area contributed by atoms with Crippen LogP contribution in [0.15, 0.2) is 67.1 Å². The predicted molar refractivity (Wildman–Crippen MR) is 144 cm³/mol. The maximum absolute atomic E-state index is 12.8. The number of carbonyl (C=O) groups excluding carboxylic acids is 1. The molecule has 0 aliphatic heterocycles. The summed E-state index contributed by atoms with van der Waals surface area (Å²) in [5, 5.41) is 5.59. The van der Waals surface area contributed by atoms with Crippen LogP contribution in [-0.2, 0) is 11.3 Å². The number of hydrogen-bond donors (Lipinski definition) is 0. The first-order valence-corrected chi connectivity index (χ1v) is 12.8. The zero-order valence-electron chi connectivity index (χ0n) is 21.3. The van der Waals surface area contributed by atoms with Gasteiger partial charge in [-0.25, -0.2) is 14.8 Å². The van der Waals surface area contributed by atoms with E-state index in [-0.39, 0.29) is 6.61 Å². The van der Waals surface area contributed by atoms with Crippen LogP contribution >= 0.6 is 0 Å². The minimum absolute atomic E-state index is 0.287. The molecule has 8 heteroatoms. The first-order valence-electron chi connectivity index (χ1n) is 12.8. The maximum atomic E-state index is 12.8. The molecule has 0 N–H and O–H groups in total. The lowest BCUT2D eigenvalue weighted by molar-refractivity contribution is 0.0528. The number of nitrogens with zero attached hydrogens (tertiary/aromatic N) is 6. The van der Waals surface area contributed by atoms with Crippen LogP contribution in [0, 0.1) is 5.92 Å². The van der Waals surface area contributed by atoms with Crippen LogP contribution in [0.25, 0.3) is 27.9 Å². The fourth-order valence-corrected chi connectivity index (χ4v) is 5.30. The summed E-state index contributed by atoms with van der Waals surface area (Å²) in [7, 11) is 2.03. The second-order valence-corrected chi connectivity index (χ2v) is 9.91. The molecule has 0 unspecified atom stereocenters. The monoisotopic (exact) mass is 494 g/mol. The van der Waals surface area contributed by atoms with Crippen LogP contribution in [0.4, 0.5) is 5.82 Å². The van der Waals surface area contributed by atoms with E-state index in [1.54, 1.807) is 17.6 Å². The van der Waals surface area contributed by atoms with Gasteiger partial charge in [-0.3, -0.25) is 0 Å². The van der Waals surface area contributed by atoms with Crippen molar-refractivity contribution in [2.75, 3.05) is 18.6 Å². The van der Waals surface area contributed by atoms with Crippen LogP contribution in [-0.4, -0.2) is 43.8 Å². The van der Waals surface area contributed by atoms with Crippen molar-refractivity contribution in [3.63, 3.8) is 0 Å². The molecule has 4 aromatic heterocycles. The van der Waals surface area contributed by atoms with Gasteiger partial charge in [0.2, 0.25) is 0 Å². The molecule has 1 aliphatic carbocycles. The van der Waals surface area contributed by atoms with Gasteiger partial charge in [0.15, 0.2) is 5.65 Å². The first-order chi connectivity index (χ1) is 18.0. The van der Waals surface area contributed by atoms with E-state index >= 15 is 0 Å². The molecule has 0 saturated heterocycles. The van der Waals surface area contributed by atoms with E-state index in [0.717, 1.165) is 46.9 Å². The van der Waals surface area contributed by atoms with E-state index in [1.165, 1.54) is 5.56 Å². The molecule has 1 aromatic carbocycles. The predicted octanol–water partition coefficient (Wildman–Crippen LogP) is 5.53. The number of aromatic nitrogens is 5. The van der Waals surface area contributed by atoms with Crippen molar-refractivity contribution in [3.8, 4) is 11.3 Å². The standard InChI is InChI=1S/C29H30N6O2/c1-4-37-29(36)23-16-31-35-26(33(3)17-20-9-6-5-7-10-20)15-25(32-28(23)35)24-18-34(21-13-19(2)14-21)27-22(24)11-8-12-30-27/h5-12,15-16,18-19,21H,4,13-14,17H2,1-3H3. The van der Waals surface area contributed by atoms with E-state index in [1.807, 2.05) is 43.6 Å². The molecule has 0 amide bonds. The summed E-state index contributed by atoms with van der Waals surface area (Å²) in [4.78, 5) is 24.6. The Balaban J connectivity index is 1.52. The van der Waals surface area contributed by atoms with Crippen molar-refractivity contribution in [3.05, 3.63) is 78.2 Å². The van der Waals surface area contributed by atoms with Crippen molar-refractivity contribution < 1.29 is 9.53 Å². The molecule has 4 heterocycles. The summed E-state index contributed by atoms with van der Waals surface area (Å²) in [5.74, 6) is 1.13. The highest BCUT2D eigenvalue weighted by Crippen LogP contribution is 2.41. The second-order valence-electron chi connectivity index (χ2n) is 9.91. The molecule has 8 nitrogen and oxygen atoms in total. The number of benzene rings is 1. The average Bonchev–Trinajstić information content (AvgIpc) is 3.49. The topological polar surface area (TPSA) is 77.5 Å². The third kappa shape index (κ3) is 4.12. The highest BCUT2D eigenvalue weighted by molar-refractivity contribution is 5.98. The summed E-state index contributed by atoms with van der Waals surface area (Å²) in [6.07, 6.45) is 7.86. The van der Waals surface area contributed by atoms with Crippen LogP contribution < -0.4 is 4.90 Å². The molecular weight excluding hydrogens is 464 g/mol. The number of hydrogen-bond acceptors (Lipinski definition) is 6. The van der Waals surface area contributed by atoms with Crippen molar-refractivity contribution in [1.82, 2.24) is 24.1 Å². The normalized spacial score (nSPS) is 17.2. The lowest BCUT2D eigenvalue weighted by Gasteiger charge is -2.34. The number of anilines is 1. The van der Waals surface area contributed by atoms with Gasteiger partial charge in [0.25, 0.3) is 0 Å². The zero-order valence-corrected chi connectivity index (χ0v) is 21.3. The van der Waals surface area contributed by atoms with Gasteiger partial charge in [-0.15, -0.1) is 0 Å². The number of fused-ring (bicyclic) bond motifs is 2.